The van der Waals surface area contributed by atoms with Crippen molar-refractivity contribution in [3.05, 3.63) is 70.8 Å². The van der Waals surface area contributed by atoms with Crippen molar-refractivity contribution >= 4 is 40.4 Å². The van der Waals surface area contributed by atoms with Gasteiger partial charge in [-0.3, -0.25) is 9.59 Å². The summed E-state index contributed by atoms with van der Waals surface area (Å²) in [4.78, 5) is 41.8. The van der Waals surface area contributed by atoms with Gasteiger partial charge in [-0.15, -0.1) is 11.3 Å². The van der Waals surface area contributed by atoms with E-state index in [-0.39, 0.29) is 11.8 Å². The molecule has 1 aromatic carbocycles. The van der Waals surface area contributed by atoms with Crippen LogP contribution in [0.1, 0.15) is 4.88 Å². The minimum atomic E-state index is -0.300. The number of thiophene rings is 1. The van der Waals surface area contributed by atoms with Gasteiger partial charge in [0.15, 0.2) is 0 Å². The molecule has 9 heteroatoms. The minimum absolute atomic E-state index is 0.298. The van der Waals surface area contributed by atoms with Crippen LogP contribution in [0, 0.1) is 0 Å². The zero-order chi connectivity index (χ0) is 22.1. The van der Waals surface area contributed by atoms with E-state index in [2.05, 4.69) is 14.9 Å². The molecule has 5 rings (SSSR count). The number of imide groups is 1. The Morgan fingerprint density at radius 3 is 2.19 bits per heavy atom. The highest BCUT2D eigenvalue weighted by atomic mass is 32.1. The third-order valence-electron chi connectivity index (χ3n) is 5.59. The van der Waals surface area contributed by atoms with Crippen molar-refractivity contribution in [2.45, 2.75) is 0 Å². The molecule has 0 aliphatic carbocycles. The van der Waals surface area contributed by atoms with E-state index in [1.807, 2.05) is 22.4 Å². The van der Waals surface area contributed by atoms with E-state index in [4.69, 9.17) is 4.74 Å². The van der Waals surface area contributed by atoms with Gasteiger partial charge in [0, 0.05) is 43.4 Å². The van der Waals surface area contributed by atoms with Crippen LogP contribution in [-0.2, 0) is 9.59 Å². The Morgan fingerprint density at radius 2 is 1.56 bits per heavy atom. The van der Waals surface area contributed by atoms with Crippen molar-refractivity contribution in [2.24, 2.45) is 0 Å². The summed E-state index contributed by atoms with van der Waals surface area (Å²) in [5.41, 5.74) is 1.45. The molecule has 2 aromatic heterocycles. The first-order valence-corrected chi connectivity index (χ1v) is 11.1. The van der Waals surface area contributed by atoms with Crippen LogP contribution < -0.4 is 14.5 Å². The Labute approximate surface area is 189 Å². The first-order chi connectivity index (χ1) is 15.7. The van der Waals surface area contributed by atoms with E-state index >= 15 is 0 Å². The number of methoxy groups -OCH3 is 1. The van der Waals surface area contributed by atoms with Crippen LogP contribution in [0.3, 0.4) is 0 Å². The minimum Gasteiger partial charge on any atom is -0.497 e. The maximum atomic E-state index is 13.6. The predicted molar refractivity (Wildman–Crippen MR) is 123 cm³/mol. The largest absolute Gasteiger partial charge is 0.497 e. The lowest BCUT2D eigenvalue weighted by atomic mass is 10.1. The lowest BCUT2D eigenvalue weighted by Gasteiger charge is -2.36. The first kappa shape index (κ1) is 20.2. The smallest absolute Gasteiger partial charge is 0.282 e. The Morgan fingerprint density at radius 1 is 0.875 bits per heavy atom. The van der Waals surface area contributed by atoms with E-state index in [9.17, 15) is 9.59 Å². The molecule has 0 spiro atoms. The van der Waals surface area contributed by atoms with Gasteiger partial charge in [-0.1, -0.05) is 6.07 Å². The number of carbonyl (C=O) groups is 2. The van der Waals surface area contributed by atoms with Crippen LogP contribution in [0.2, 0.25) is 0 Å². The Balaban J connectivity index is 1.46. The summed E-state index contributed by atoms with van der Waals surface area (Å²) in [6.45, 7) is 2.51. The zero-order valence-corrected chi connectivity index (χ0v) is 18.3. The Bertz CT molecular complexity index is 1150. The maximum absolute atomic E-state index is 13.6. The predicted octanol–water partition coefficient (Wildman–Crippen LogP) is 2.65. The molecular formula is C23H21N5O3S. The van der Waals surface area contributed by atoms with Crippen molar-refractivity contribution in [1.29, 1.82) is 0 Å². The topological polar surface area (TPSA) is 78.9 Å². The highest BCUT2D eigenvalue weighted by Crippen LogP contribution is 2.37. The lowest BCUT2D eigenvalue weighted by Crippen LogP contribution is -2.48. The number of piperazine rings is 1. The van der Waals surface area contributed by atoms with Gasteiger partial charge in [0.25, 0.3) is 11.8 Å². The van der Waals surface area contributed by atoms with Crippen molar-refractivity contribution in [3.8, 4) is 5.75 Å². The summed E-state index contributed by atoms with van der Waals surface area (Å²) in [5, 5.41) is 1.92. The normalized spacial score (nSPS) is 16.8. The van der Waals surface area contributed by atoms with Gasteiger partial charge < -0.3 is 14.5 Å². The van der Waals surface area contributed by atoms with Crippen molar-refractivity contribution in [1.82, 2.24) is 14.9 Å². The standard InChI is InChI=1S/C23H21N5O3S/c1-31-17-7-5-16(6-8-17)28-21(29)19(18-4-2-15-32-18)20(22(28)30)26-11-13-27(14-12-26)23-24-9-3-10-25-23/h2-10,15H,11-14H2,1H3. The SMILES string of the molecule is COc1ccc(N2C(=O)C(c3cccs3)=C(N3CCN(c4ncccn4)CC3)C2=O)cc1. The Kier molecular flexibility index (Phi) is 5.32. The number of carbonyl (C=O) groups excluding carboxylic acids is 2. The van der Waals surface area contributed by atoms with Gasteiger partial charge in [-0.05, 0) is 41.8 Å². The molecule has 2 aliphatic heterocycles. The molecule has 0 radical (unpaired) electrons. The van der Waals surface area contributed by atoms with Gasteiger partial charge in [0.2, 0.25) is 5.95 Å². The molecule has 0 unspecified atom stereocenters. The second-order valence-corrected chi connectivity index (χ2v) is 8.32. The molecule has 3 aromatic rings. The van der Waals surface area contributed by atoms with E-state index < -0.39 is 0 Å². The second kappa shape index (κ2) is 8.43. The van der Waals surface area contributed by atoms with Crippen LogP contribution >= 0.6 is 11.3 Å². The monoisotopic (exact) mass is 447 g/mol. The number of anilines is 2. The average molecular weight is 448 g/mol. The molecule has 4 heterocycles. The fourth-order valence-corrected chi connectivity index (χ4v) is 4.77. The molecule has 0 N–H and O–H groups in total. The quantitative estimate of drug-likeness (QED) is 0.557. The summed E-state index contributed by atoms with van der Waals surface area (Å²) >= 11 is 1.46. The molecule has 2 aliphatic rings. The summed E-state index contributed by atoms with van der Waals surface area (Å²) < 4.78 is 5.21. The van der Waals surface area contributed by atoms with E-state index in [0.717, 1.165) is 4.88 Å². The van der Waals surface area contributed by atoms with Crippen molar-refractivity contribution in [3.63, 3.8) is 0 Å². The number of rotatable bonds is 5. The molecule has 0 atom stereocenters. The molecule has 32 heavy (non-hydrogen) atoms. The van der Waals surface area contributed by atoms with Gasteiger partial charge in [0.05, 0.1) is 18.4 Å². The molecule has 0 bridgehead atoms. The summed E-state index contributed by atoms with van der Waals surface area (Å²) in [7, 11) is 1.58. The average Bonchev–Trinajstić information content (AvgIpc) is 3.46. The van der Waals surface area contributed by atoms with Crippen LogP contribution in [0.5, 0.6) is 5.75 Å². The van der Waals surface area contributed by atoms with Crippen LogP contribution in [-0.4, -0.2) is 60.0 Å². The van der Waals surface area contributed by atoms with Gasteiger partial charge in [-0.2, -0.15) is 0 Å². The van der Waals surface area contributed by atoms with Gasteiger partial charge in [-0.25, -0.2) is 14.9 Å². The number of hydrogen-bond donors (Lipinski definition) is 0. The van der Waals surface area contributed by atoms with Crippen LogP contribution in [0.4, 0.5) is 11.6 Å². The molecule has 1 fully saturated rings. The highest BCUT2D eigenvalue weighted by Gasteiger charge is 2.43. The van der Waals surface area contributed by atoms with Gasteiger partial charge >= 0.3 is 0 Å². The molecular weight excluding hydrogens is 426 g/mol. The molecule has 1 saturated heterocycles. The van der Waals surface area contributed by atoms with E-state index in [1.54, 1.807) is 49.8 Å². The molecule has 2 amide bonds. The summed E-state index contributed by atoms with van der Waals surface area (Å²) in [6, 6.07) is 12.5. The number of aromatic nitrogens is 2. The van der Waals surface area contributed by atoms with Crippen LogP contribution in [0.25, 0.3) is 5.57 Å². The fourth-order valence-electron chi connectivity index (χ4n) is 4.00. The zero-order valence-electron chi connectivity index (χ0n) is 17.5. The summed E-state index contributed by atoms with van der Waals surface area (Å²) in [5.74, 6) is 0.742. The number of hydrogen-bond acceptors (Lipinski definition) is 8. The third kappa shape index (κ3) is 3.50. The van der Waals surface area contributed by atoms with E-state index in [1.165, 1.54) is 16.2 Å². The van der Waals surface area contributed by atoms with Crippen molar-refractivity contribution in [2.75, 3.05) is 43.1 Å². The number of benzene rings is 1. The second-order valence-electron chi connectivity index (χ2n) is 7.37. The lowest BCUT2D eigenvalue weighted by molar-refractivity contribution is -0.120. The first-order valence-electron chi connectivity index (χ1n) is 10.3. The Hall–Kier alpha value is -3.72. The molecule has 162 valence electrons. The van der Waals surface area contributed by atoms with Gasteiger partial charge in [0.1, 0.15) is 11.4 Å². The van der Waals surface area contributed by atoms with E-state index in [0.29, 0.717) is 54.8 Å². The highest BCUT2D eigenvalue weighted by molar-refractivity contribution is 7.11. The maximum Gasteiger partial charge on any atom is 0.282 e. The number of amides is 2. The molecule has 8 nitrogen and oxygen atoms in total. The van der Waals surface area contributed by atoms with Crippen LogP contribution in [0.15, 0.2) is 65.9 Å². The molecule has 0 saturated carbocycles. The van der Waals surface area contributed by atoms with Crippen molar-refractivity contribution < 1.29 is 14.3 Å². The number of nitrogens with zero attached hydrogens (tertiary/aromatic N) is 5. The third-order valence-corrected chi connectivity index (χ3v) is 6.48. The fraction of sp³-hybridized carbons (Fsp3) is 0.217. The summed E-state index contributed by atoms with van der Waals surface area (Å²) in [6.07, 6.45) is 3.44. The number of ether oxygens (including phenoxy) is 1.